The standard InChI is InChI=1S/C10H16O4/c1-6-5-7(8(11)12)3-4-10(6,2)9(13)14/h6-7H,3-5H2,1-2H3,(H,11,12)(H,13,14). The van der Waals surface area contributed by atoms with Crippen LogP contribution in [0.5, 0.6) is 0 Å². The maximum atomic E-state index is 11.0. The molecule has 3 unspecified atom stereocenters. The molecule has 0 radical (unpaired) electrons. The third kappa shape index (κ3) is 1.74. The molecule has 80 valence electrons. The highest BCUT2D eigenvalue weighted by molar-refractivity contribution is 5.76. The molecule has 1 aliphatic rings. The fourth-order valence-corrected chi connectivity index (χ4v) is 2.07. The second-order valence-electron chi connectivity index (χ2n) is 4.43. The summed E-state index contributed by atoms with van der Waals surface area (Å²) < 4.78 is 0. The molecule has 0 heterocycles. The predicted octanol–water partition coefficient (Wildman–Crippen LogP) is 1.60. The Bertz CT molecular complexity index is 261. The number of carboxylic acid groups (broad SMARTS) is 2. The number of carboxylic acids is 2. The highest BCUT2D eigenvalue weighted by Crippen LogP contribution is 2.43. The third-order valence-electron chi connectivity index (χ3n) is 3.58. The highest BCUT2D eigenvalue weighted by Gasteiger charge is 2.44. The number of carbonyl (C=O) groups is 2. The molecule has 4 heteroatoms. The maximum absolute atomic E-state index is 11.0. The fourth-order valence-electron chi connectivity index (χ4n) is 2.07. The molecule has 0 amide bonds. The number of rotatable bonds is 2. The molecule has 0 aromatic heterocycles. The first-order valence-electron chi connectivity index (χ1n) is 4.84. The smallest absolute Gasteiger partial charge is 0.309 e. The summed E-state index contributed by atoms with van der Waals surface area (Å²) in [6.45, 7) is 3.53. The molecule has 4 nitrogen and oxygen atoms in total. The van der Waals surface area contributed by atoms with Crippen molar-refractivity contribution >= 4 is 11.9 Å². The van der Waals surface area contributed by atoms with Crippen LogP contribution in [0.1, 0.15) is 33.1 Å². The Morgan fingerprint density at radius 3 is 2.29 bits per heavy atom. The minimum absolute atomic E-state index is 0.0742. The Balaban J connectivity index is 2.74. The number of hydrogen-bond acceptors (Lipinski definition) is 2. The van der Waals surface area contributed by atoms with E-state index in [0.29, 0.717) is 19.3 Å². The lowest BCUT2D eigenvalue weighted by molar-refractivity contribution is -0.158. The van der Waals surface area contributed by atoms with E-state index in [2.05, 4.69) is 0 Å². The molecule has 14 heavy (non-hydrogen) atoms. The van der Waals surface area contributed by atoms with Gasteiger partial charge in [0.1, 0.15) is 0 Å². The molecule has 0 aromatic carbocycles. The molecule has 0 spiro atoms. The topological polar surface area (TPSA) is 74.6 Å². The Morgan fingerprint density at radius 1 is 1.36 bits per heavy atom. The van der Waals surface area contributed by atoms with E-state index in [-0.39, 0.29) is 11.8 Å². The summed E-state index contributed by atoms with van der Waals surface area (Å²) in [5, 5.41) is 17.9. The van der Waals surface area contributed by atoms with Crippen molar-refractivity contribution < 1.29 is 19.8 Å². The lowest BCUT2D eigenvalue weighted by Gasteiger charge is -2.38. The SMILES string of the molecule is CC1CC(C(=O)O)CCC1(C)C(=O)O. The van der Waals surface area contributed by atoms with E-state index in [1.165, 1.54) is 0 Å². The van der Waals surface area contributed by atoms with Gasteiger partial charge >= 0.3 is 11.9 Å². The second-order valence-corrected chi connectivity index (χ2v) is 4.43. The van der Waals surface area contributed by atoms with Crippen LogP contribution in [-0.2, 0) is 9.59 Å². The average Bonchev–Trinajstić information content (AvgIpc) is 2.09. The quantitative estimate of drug-likeness (QED) is 0.710. The Kier molecular flexibility index (Phi) is 2.83. The van der Waals surface area contributed by atoms with Gasteiger partial charge < -0.3 is 10.2 Å². The van der Waals surface area contributed by atoms with Crippen LogP contribution in [0.4, 0.5) is 0 Å². The second kappa shape index (κ2) is 3.59. The summed E-state index contributed by atoms with van der Waals surface area (Å²) in [4.78, 5) is 21.7. The van der Waals surface area contributed by atoms with E-state index in [1.54, 1.807) is 6.92 Å². The normalized spacial score (nSPS) is 37.9. The first-order valence-corrected chi connectivity index (χ1v) is 4.84. The van der Waals surface area contributed by atoms with E-state index >= 15 is 0 Å². The van der Waals surface area contributed by atoms with Crippen molar-refractivity contribution in [2.24, 2.45) is 17.3 Å². The molecule has 1 aliphatic carbocycles. The monoisotopic (exact) mass is 200 g/mol. The minimum atomic E-state index is -0.811. The number of hydrogen-bond donors (Lipinski definition) is 2. The van der Waals surface area contributed by atoms with Gasteiger partial charge in [-0.2, -0.15) is 0 Å². The van der Waals surface area contributed by atoms with Gasteiger partial charge in [-0.05, 0) is 32.1 Å². The van der Waals surface area contributed by atoms with Crippen LogP contribution in [0.15, 0.2) is 0 Å². The Hall–Kier alpha value is -1.06. The lowest BCUT2D eigenvalue weighted by Crippen LogP contribution is -2.40. The summed E-state index contributed by atoms with van der Waals surface area (Å²) in [5.74, 6) is -2.05. The molecule has 3 atom stereocenters. The van der Waals surface area contributed by atoms with Crippen LogP contribution in [0, 0.1) is 17.3 Å². The van der Waals surface area contributed by atoms with Crippen molar-refractivity contribution in [3.8, 4) is 0 Å². The van der Waals surface area contributed by atoms with Crippen LogP contribution in [-0.4, -0.2) is 22.2 Å². The molecule has 0 saturated heterocycles. The molecule has 0 aromatic rings. The number of aliphatic carboxylic acids is 2. The van der Waals surface area contributed by atoms with E-state index in [0.717, 1.165) is 0 Å². The van der Waals surface area contributed by atoms with Crippen LogP contribution in [0.3, 0.4) is 0 Å². The van der Waals surface area contributed by atoms with Gasteiger partial charge in [0.05, 0.1) is 11.3 Å². The van der Waals surface area contributed by atoms with Crippen LogP contribution in [0.25, 0.3) is 0 Å². The largest absolute Gasteiger partial charge is 0.481 e. The van der Waals surface area contributed by atoms with Gasteiger partial charge in [-0.1, -0.05) is 6.92 Å². The zero-order chi connectivity index (χ0) is 10.9. The fraction of sp³-hybridized carbons (Fsp3) is 0.800. The summed E-state index contributed by atoms with van der Waals surface area (Å²) in [6.07, 6.45) is 1.40. The van der Waals surface area contributed by atoms with Gasteiger partial charge in [-0.3, -0.25) is 9.59 Å². The van der Waals surface area contributed by atoms with E-state index < -0.39 is 17.4 Å². The molecule has 1 saturated carbocycles. The maximum Gasteiger partial charge on any atom is 0.309 e. The van der Waals surface area contributed by atoms with Crippen molar-refractivity contribution in [2.75, 3.05) is 0 Å². The molecule has 0 aliphatic heterocycles. The van der Waals surface area contributed by atoms with Gasteiger partial charge in [0.2, 0.25) is 0 Å². The van der Waals surface area contributed by atoms with Crippen molar-refractivity contribution in [3.63, 3.8) is 0 Å². The molecule has 1 fully saturated rings. The highest BCUT2D eigenvalue weighted by atomic mass is 16.4. The van der Waals surface area contributed by atoms with Gasteiger partial charge in [0.15, 0.2) is 0 Å². The van der Waals surface area contributed by atoms with Crippen LogP contribution in [0.2, 0.25) is 0 Å². The Labute approximate surface area is 82.9 Å². The van der Waals surface area contributed by atoms with Crippen molar-refractivity contribution in [1.29, 1.82) is 0 Å². The van der Waals surface area contributed by atoms with Crippen LogP contribution >= 0.6 is 0 Å². The zero-order valence-electron chi connectivity index (χ0n) is 8.49. The van der Waals surface area contributed by atoms with Crippen molar-refractivity contribution in [3.05, 3.63) is 0 Å². The van der Waals surface area contributed by atoms with Crippen molar-refractivity contribution in [2.45, 2.75) is 33.1 Å². The summed E-state index contributed by atoms with van der Waals surface area (Å²) in [7, 11) is 0. The minimum Gasteiger partial charge on any atom is -0.481 e. The third-order valence-corrected chi connectivity index (χ3v) is 3.58. The van der Waals surface area contributed by atoms with Gasteiger partial charge in [-0.15, -0.1) is 0 Å². The van der Waals surface area contributed by atoms with E-state index in [1.807, 2.05) is 6.92 Å². The molecule has 0 bridgehead atoms. The van der Waals surface area contributed by atoms with Crippen molar-refractivity contribution in [1.82, 2.24) is 0 Å². The first-order chi connectivity index (χ1) is 6.38. The zero-order valence-corrected chi connectivity index (χ0v) is 8.49. The van der Waals surface area contributed by atoms with Gasteiger partial charge in [0, 0.05) is 0 Å². The summed E-state index contributed by atoms with van der Waals surface area (Å²) in [5.41, 5.74) is -0.744. The van der Waals surface area contributed by atoms with Gasteiger partial charge in [-0.25, -0.2) is 0 Å². The lowest BCUT2D eigenvalue weighted by atomic mass is 9.65. The Morgan fingerprint density at radius 2 is 1.93 bits per heavy atom. The van der Waals surface area contributed by atoms with E-state index in [4.69, 9.17) is 10.2 Å². The molecular formula is C10H16O4. The van der Waals surface area contributed by atoms with Crippen LogP contribution < -0.4 is 0 Å². The summed E-state index contributed by atoms with van der Waals surface area (Å²) >= 11 is 0. The van der Waals surface area contributed by atoms with Gasteiger partial charge in [0.25, 0.3) is 0 Å². The predicted molar refractivity (Wildman–Crippen MR) is 49.9 cm³/mol. The summed E-state index contributed by atoms with van der Waals surface area (Å²) in [6, 6.07) is 0. The molecule has 2 N–H and O–H groups in total. The molecule has 1 rings (SSSR count). The molecular weight excluding hydrogens is 184 g/mol. The first kappa shape index (κ1) is 11.0. The van der Waals surface area contributed by atoms with E-state index in [9.17, 15) is 9.59 Å². The average molecular weight is 200 g/mol.